The van der Waals surface area contributed by atoms with Gasteiger partial charge in [0, 0.05) is 6.21 Å². The molecule has 0 fully saturated rings. The second kappa shape index (κ2) is 5.70. The quantitative estimate of drug-likeness (QED) is 0.856. The fourth-order valence-corrected chi connectivity index (χ4v) is 1.91. The Kier molecular flexibility index (Phi) is 3.99. The zero-order chi connectivity index (χ0) is 14.6. The topological polar surface area (TPSA) is 49.7 Å². The van der Waals surface area contributed by atoms with Gasteiger partial charge in [-0.25, -0.2) is 0 Å². The average molecular weight is 267 g/mol. The standard InChI is InChI=1S/C17H17NO2/c1-17(2,16(19)20)14-10-6-7-11-15(14)18-12-13-8-4-3-5-9-13/h3-12H,1-2H3,(H,19,20). The molecule has 102 valence electrons. The Bertz CT molecular complexity index is 630. The van der Waals surface area contributed by atoms with Crippen molar-refractivity contribution >= 4 is 17.9 Å². The second-order valence-electron chi connectivity index (χ2n) is 5.12. The first-order chi connectivity index (χ1) is 9.51. The molecule has 0 aromatic heterocycles. The van der Waals surface area contributed by atoms with Gasteiger partial charge in [0.05, 0.1) is 11.1 Å². The van der Waals surface area contributed by atoms with E-state index in [1.165, 1.54) is 0 Å². The molecule has 0 saturated heterocycles. The highest BCUT2D eigenvalue weighted by Gasteiger charge is 2.31. The number of carboxylic acid groups (broad SMARTS) is 1. The monoisotopic (exact) mass is 267 g/mol. The van der Waals surface area contributed by atoms with E-state index in [4.69, 9.17) is 0 Å². The summed E-state index contributed by atoms with van der Waals surface area (Å²) in [5.74, 6) is -0.861. The summed E-state index contributed by atoms with van der Waals surface area (Å²) in [5.41, 5.74) is 1.41. The van der Waals surface area contributed by atoms with E-state index in [-0.39, 0.29) is 0 Å². The highest BCUT2D eigenvalue weighted by molar-refractivity contribution is 5.85. The minimum atomic E-state index is -0.968. The maximum atomic E-state index is 11.4. The van der Waals surface area contributed by atoms with Crippen LogP contribution in [0.3, 0.4) is 0 Å². The molecule has 0 unspecified atom stereocenters. The molecule has 0 radical (unpaired) electrons. The van der Waals surface area contributed by atoms with Gasteiger partial charge < -0.3 is 5.11 Å². The second-order valence-corrected chi connectivity index (χ2v) is 5.12. The van der Waals surface area contributed by atoms with Crippen molar-refractivity contribution in [2.45, 2.75) is 19.3 Å². The van der Waals surface area contributed by atoms with Crippen molar-refractivity contribution in [2.75, 3.05) is 0 Å². The predicted molar refractivity (Wildman–Crippen MR) is 80.8 cm³/mol. The van der Waals surface area contributed by atoms with Crippen molar-refractivity contribution in [3.63, 3.8) is 0 Å². The van der Waals surface area contributed by atoms with Crippen LogP contribution >= 0.6 is 0 Å². The van der Waals surface area contributed by atoms with E-state index in [1.807, 2.05) is 54.6 Å². The third-order valence-electron chi connectivity index (χ3n) is 3.26. The van der Waals surface area contributed by atoms with Gasteiger partial charge in [-0.1, -0.05) is 48.5 Å². The van der Waals surface area contributed by atoms with Gasteiger partial charge in [0.1, 0.15) is 0 Å². The van der Waals surface area contributed by atoms with Gasteiger partial charge in [-0.15, -0.1) is 0 Å². The molecule has 2 aromatic rings. The molecule has 0 saturated carbocycles. The summed E-state index contributed by atoms with van der Waals surface area (Å²) in [6, 6.07) is 17.1. The molecule has 0 aliphatic carbocycles. The summed E-state index contributed by atoms with van der Waals surface area (Å²) in [7, 11) is 0. The SMILES string of the molecule is CC(C)(C(=O)O)c1ccccc1N=Cc1ccccc1. The number of benzene rings is 2. The van der Waals surface area contributed by atoms with Gasteiger partial charge in [-0.2, -0.15) is 0 Å². The van der Waals surface area contributed by atoms with E-state index in [0.29, 0.717) is 11.3 Å². The van der Waals surface area contributed by atoms with Crippen LogP contribution in [0.2, 0.25) is 0 Å². The third-order valence-corrected chi connectivity index (χ3v) is 3.26. The number of aliphatic carboxylic acids is 1. The van der Waals surface area contributed by atoms with Gasteiger partial charge in [-0.05, 0) is 31.0 Å². The Morgan fingerprint density at radius 3 is 2.30 bits per heavy atom. The molecule has 1 N–H and O–H groups in total. The van der Waals surface area contributed by atoms with E-state index in [9.17, 15) is 9.90 Å². The van der Waals surface area contributed by atoms with Crippen LogP contribution in [0.4, 0.5) is 5.69 Å². The lowest BCUT2D eigenvalue weighted by molar-refractivity contribution is -0.142. The molecule has 0 atom stereocenters. The van der Waals surface area contributed by atoms with Crippen molar-refractivity contribution in [3.8, 4) is 0 Å². The zero-order valence-electron chi connectivity index (χ0n) is 11.6. The Morgan fingerprint density at radius 2 is 1.65 bits per heavy atom. The number of rotatable bonds is 4. The van der Waals surface area contributed by atoms with E-state index in [0.717, 1.165) is 5.56 Å². The third kappa shape index (κ3) is 2.94. The zero-order valence-corrected chi connectivity index (χ0v) is 11.6. The molecule has 0 spiro atoms. The van der Waals surface area contributed by atoms with Crippen LogP contribution in [0, 0.1) is 0 Å². The van der Waals surface area contributed by atoms with Crippen LogP contribution in [0.15, 0.2) is 59.6 Å². The van der Waals surface area contributed by atoms with Crippen LogP contribution in [-0.4, -0.2) is 17.3 Å². The first kappa shape index (κ1) is 14.0. The molecule has 0 aliphatic heterocycles. The van der Waals surface area contributed by atoms with Crippen LogP contribution in [0.5, 0.6) is 0 Å². The summed E-state index contributed by atoms with van der Waals surface area (Å²) >= 11 is 0. The molecule has 2 rings (SSSR count). The number of carboxylic acids is 1. The fourth-order valence-electron chi connectivity index (χ4n) is 1.91. The normalized spacial score (nSPS) is 11.7. The van der Waals surface area contributed by atoms with E-state index >= 15 is 0 Å². The first-order valence-electron chi connectivity index (χ1n) is 6.44. The molecular formula is C17H17NO2. The lowest BCUT2D eigenvalue weighted by atomic mass is 9.84. The number of hydrogen-bond donors (Lipinski definition) is 1. The van der Waals surface area contributed by atoms with Crippen LogP contribution in [0.1, 0.15) is 25.0 Å². The molecule has 2 aromatic carbocycles. The van der Waals surface area contributed by atoms with Crippen LogP contribution < -0.4 is 0 Å². The van der Waals surface area contributed by atoms with Crippen molar-refractivity contribution in [1.29, 1.82) is 0 Å². The number of aliphatic imine (C=N–C) groups is 1. The molecule has 0 heterocycles. The molecular weight excluding hydrogens is 250 g/mol. The van der Waals surface area contributed by atoms with Crippen molar-refractivity contribution in [1.82, 2.24) is 0 Å². The molecule has 0 aliphatic rings. The van der Waals surface area contributed by atoms with Gasteiger partial charge in [0.2, 0.25) is 0 Å². The number of carbonyl (C=O) groups is 1. The predicted octanol–water partition coefficient (Wildman–Crippen LogP) is 3.80. The summed E-state index contributed by atoms with van der Waals surface area (Å²) in [5, 5.41) is 9.35. The first-order valence-corrected chi connectivity index (χ1v) is 6.44. The lowest BCUT2D eigenvalue weighted by Gasteiger charge is -2.21. The maximum Gasteiger partial charge on any atom is 0.313 e. The summed E-state index contributed by atoms with van der Waals surface area (Å²) in [4.78, 5) is 15.8. The summed E-state index contributed by atoms with van der Waals surface area (Å²) < 4.78 is 0. The Labute approximate surface area is 118 Å². The maximum absolute atomic E-state index is 11.4. The summed E-state index contributed by atoms with van der Waals surface area (Å²) in [6.45, 7) is 3.37. The largest absolute Gasteiger partial charge is 0.481 e. The van der Waals surface area contributed by atoms with Gasteiger partial charge >= 0.3 is 5.97 Å². The fraction of sp³-hybridized carbons (Fsp3) is 0.176. The van der Waals surface area contributed by atoms with E-state index < -0.39 is 11.4 Å². The van der Waals surface area contributed by atoms with Crippen molar-refractivity contribution in [2.24, 2.45) is 4.99 Å². The highest BCUT2D eigenvalue weighted by Crippen LogP contribution is 2.31. The molecule has 0 bridgehead atoms. The van der Waals surface area contributed by atoms with Crippen molar-refractivity contribution < 1.29 is 9.90 Å². The van der Waals surface area contributed by atoms with Gasteiger partial charge in [0.25, 0.3) is 0 Å². The number of nitrogens with zero attached hydrogens (tertiary/aromatic N) is 1. The smallest absolute Gasteiger partial charge is 0.313 e. The van der Waals surface area contributed by atoms with Gasteiger partial charge in [-0.3, -0.25) is 9.79 Å². The van der Waals surface area contributed by atoms with Crippen LogP contribution in [0.25, 0.3) is 0 Å². The Morgan fingerprint density at radius 1 is 1.05 bits per heavy atom. The summed E-state index contributed by atoms with van der Waals surface area (Å²) in [6.07, 6.45) is 1.75. The Balaban J connectivity index is 2.39. The molecule has 20 heavy (non-hydrogen) atoms. The Hall–Kier alpha value is -2.42. The number of hydrogen-bond acceptors (Lipinski definition) is 2. The van der Waals surface area contributed by atoms with E-state index in [2.05, 4.69) is 4.99 Å². The average Bonchev–Trinajstić information content (AvgIpc) is 2.46. The van der Waals surface area contributed by atoms with Crippen LogP contribution in [-0.2, 0) is 10.2 Å². The number of para-hydroxylation sites is 1. The van der Waals surface area contributed by atoms with Gasteiger partial charge in [0.15, 0.2) is 0 Å². The minimum absolute atomic E-state index is 0.684. The molecule has 0 amide bonds. The minimum Gasteiger partial charge on any atom is -0.481 e. The highest BCUT2D eigenvalue weighted by atomic mass is 16.4. The van der Waals surface area contributed by atoms with Crippen molar-refractivity contribution in [3.05, 3.63) is 65.7 Å². The lowest BCUT2D eigenvalue weighted by Crippen LogP contribution is -2.28. The van der Waals surface area contributed by atoms with E-state index in [1.54, 1.807) is 20.1 Å². The molecule has 3 nitrogen and oxygen atoms in total. The molecule has 3 heteroatoms.